The number of ether oxygens (including phenoxy) is 1. The van der Waals surface area contributed by atoms with Gasteiger partial charge in [-0.05, 0) is 37.3 Å². The second kappa shape index (κ2) is 8.27. The Bertz CT molecular complexity index is 1100. The van der Waals surface area contributed by atoms with Crippen molar-refractivity contribution in [2.45, 2.75) is 13.5 Å². The van der Waals surface area contributed by atoms with Gasteiger partial charge in [0.05, 0.1) is 16.8 Å². The van der Waals surface area contributed by atoms with E-state index in [1.165, 1.54) is 22.3 Å². The molecule has 1 aromatic carbocycles. The van der Waals surface area contributed by atoms with Gasteiger partial charge < -0.3 is 9.15 Å². The van der Waals surface area contributed by atoms with Gasteiger partial charge in [0, 0.05) is 18.9 Å². The van der Waals surface area contributed by atoms with Gasteiger partial charge >= 0.3 is 5.97 Å². The SMILES string of the molecule is CCN(C(=O)COC(=O)c1ccc(Cn2cccn2)o1)c1nc2ccccc2s1. The summed E-state index contributed by atoms with van der Waals surface area (Å²) in [6.45, 7) is 2.28. The second-order valence-corrected chi connectivity index (χ2v) is 7.16. The number of fused-ring (bicyclic) bond motifs is 1. The predicted molar refractivity (Wildman–Crippen MR) is 108 cm³/mol. The van der Waals surface area contributed by atoms with E-state index in [0.717, 1.165) is 10.2 Å². The average molecular weight is 410 g/mol. The van der Waals surface area contributed by atoms with Crippen LogP contribution in [0, 0.1) is 0 Å². The molecule has 0 aliphatic rings. The van der Waals surface area contributed by atoms with E-state index in [2.05, 4.69) is 10.1 Å². The molecule has 148 valence electrons. The fourth-order valence-electron chi connectivity index (χ4n) is 2.80. The highest BCUT2D eigenvalue weighted by molar-refractivity contribution is 7.22. The van der Waals surface area contributed by atoms with Crippen molar-refractivity contribution in [2.75, 3.05) is 18.1 Å². The molecule has 8 nitrogen and oxygen atoms in total. The molecule has 3 heterocycles. The molecule has 3 aromatic heterocycles. The van der Waals surface area contributed by atoms with E-state index in [-0.39, 0.29) is 11.7 Å². The summed E-state index contributed by atoms with van der Waals surface area (Å²) >= 11 is 1.42. The number of carbonyl (C=O) groups excluding carboxylic acids is 2. The molecule has 0 fully saturated rings. The lowest BCUT2D eigenvalue weighted by atomic mass is 10.3. The zero-order valence-electron chi connectivity index (χ0n) is 15.6. The number of thiazole rings is 1. The van der Waals surface area contributed by atoms with Gasteiger partial charge in [0.1, 0.15) is 5.76 Å². The second-order valence-electron chi connectivity index (χ2n) is 6.15. The van der Waals surface area contributed by atoms with Crippen LogP contribution in [0.2, 0.25) is 0 Å². The number of likely N-dealkylation sites (N-methyl/N-ethyl adjacent to an activating group) is 1. The molecule has 0 bridgehead atoms. The Kier molecular flexibility index (Phi) is 5.39. The van der Waals surface area contributed by atoms with Crippen LogP contribution in [-0.2, 0) is 16.1 Å². The van der Waals surface area contributed by atoms with Gasteiger partial charge in [-0.1, -0.05) is 23.5 Å². The van der Waals surface area contributed by atoms with Crippen molar-refractivity contribution in [3.05, 3.63) is 66.4 Å². The Morgan fingerprint density at radius 2 is 2.07 bits per heavy atom. The van der Waals surface area contributed by atoms with E-state index in [1.807, 2.05) is 31.2 Å². The van der Waals surface area contributed by atoms with Crippen LogP contribution >= 0.6 is 11.3 Å². The smallest absolute Gasteiger partial charge is 0.374 e. The number of carbonyl (C=O) groups is 2. The highest BCUT2D eigenvalue weighted by Gasteiger charge is 2.21. The average Bonchev–Trinajstić information content (AvgIpc) is 3.47. The number of anilines is 1. The standard InChI is InChI=1S/C20H18N4O4S/c1-2-24(20-22-15-6-3-4-7-17(15)29-20)18(25)13-27-19(26)16-9-8-14(28-16)12-23-11-5-10-21-23/h3-11H,2,12-13H2,1H3. The van der Waals surface area contributed by atoms with Crippen molar-refractivity contribution < 1.29 is 18.7 Å². The third kappa shape index (κ3) is 4.19. The molecule has 0 radical (unpaired) electrons. The van der Waals surface area contributed by atoms with E-state index >= 15 is 0 Å². The molecule has 0 N–H and O–H groups in total. The van der Waals surface area contributed by atoms with Crippen LogP contribution in [0.5, 0.6) is 0 Å². The summed E-state index contributed by atoms with van der Waals surface area (Å²) in [7, 11) is 0. The van der Waals surface area contributed by atoms with E-state index in [4.69, 9.17) is 9.15 Å². The van der Waals surface area contributed by atoms with Gasteiger partial charge in [-0.3, -0.25) is 14.4 Å². The van der Waals surface area contributed by atoms with Crippen molar-refractivity contribution in [2.24, 2.45) is 0 Å². The molecule has 0 spiro atoms. The molecule has 4 rings (SSSR count). The Labute approximate surface area is 170 Å². The maximum Gasteiger partial charge on any atom is 0.374 e. The van der Waals surface area contributed by atoms with E-state index in [0.29, 0.717) is 24.0 Å². The molecule has 0 aliphatic carbocycles. The fraction of sp³-hybridized carbons (Fsp3) is 0.200. The summed E-state index contributed by atoms with van der Waals surface area (Å²) < 4.78 is 13.3. The van der Waals surface area contributed by atoms with Gasteiger partial charge in [-0.25, -0.2) is 9.78 Å². The van der Waals surface area contributed by atoms with E-state index < -0.39 is 12.6 Å². The first-order valence-electron chi connectivity index (χ1n) is 9.03. The van der Waals surface area contributed by atoms with Gasteiger partial charge in [-0.2, -0.15) is 5.10 Å². The number of esters is 1. The first-order chi connectivity index (χ1) is 14.1. The largest absolute Gasteiger partial charge is 0.452 e. The highest BCUT2D eigenvalue weighted by Crippen LogP contribution is 2.28. The minimum absolute atomic E-state index is 0.0444. The fourth-order valence-corrected chi connectivity index (χ4v) is 3.84. The Morgan fingerprint density at radius 3 is 2.83 bits per heavy atom. The summed E-state index contributed by atoms with van der Waals surface area (Å²) in [4.78, 5) is 30.8. The topological polar surface area (TPSA) is 90.5 Å². The molecule has 9 heteroatoms. The summed E-state index contributed by atoms with van der Waals surface area (Å²) in [5, 5.41) is 4.66. The maximum atomic E-state index is 12.6. The number of hydrogen-bond acceptors (Lipinski definition) is 7. The van der Waals surface area contributed by atoms with Crippen molar-refractivity contribution in [1.82, 2.24) is 14.8 Å². The normalized spacial score (nSPS) is 10.9. The molecule has 4 aromatic rings. The summed E-state index contributed by atoms with van der Waals surface area (Å²) in [5.74, 6) is -0.423. The van der Waals surface area contributed by atoms with Gasteiger partial charge in [0.2, 0.25) is 5.76 Å². The van der Waals surface area contributed by atoms with Crippen molar-refractivity contribution in [3.8, 4) is 0 Å². The van der Waals surface area contributed by atoms with Crippen LogP contribution in [0.25, 0.3) is 10.2 Å². The van der Waals surface area contributed by atoms with E-state index in [9.17, 15) is 9.59 Å². The van der Waals surface area contributed by atoms with Crippen LogP contribution in [0.4, 0.5) is 5.13 Å². The predicted octanol–water partition coefficient (Wildman–Crippen LogP) is 3.34. The molecule has 0 aliphatic heterocycles. The lowest BCUT2D eigenvalue weighted by Crippen LogP contribution is -2.34. The lowest BCUT2D eigenvalue weighted by Gasteiger charge is -2.17. The van der Waals surface area contributed by atoms with Crippen molar-refractivity contribution >= 4 is 38.6 Å². The molecular weight excluding hydrogens is 392 g/mol. The molecule has 0 saturated carbocycles. The first kappa shape index (κ1) is 18.9. The molecule has 29 heavy (non-hydrogen) atoms. The summed E-state index contributed by atoms with van der Waals surface area (Å²) in [6.07, 6.45) is 3.45. The monoisotopic (exact) mass is 410 g/mol. The van der Waals surface area contributed by atoms with Gasteiger partial charge in [0.15, 0.2) is 11.7 Å². The Hall–Kier alpha value is -3.46. The van der Waals surface area contributed by atoms with Crippen molar-refractivity contribution in [1.29, 1.82) is 0 Å². The molecular formula is C20H18N4O4S. The molecule has 0 saturated heterocycles. The van der Waals surface area contributed by atoms with Crippen LogP contribution < -0.4 is 4.90 Å². The van der Waals surface area contributed by atoms with Crippen molar-refractivity contribution in [3.63, 3.8) is 0 Å². The van der Waals surface area contributed by atoms with Crippen LogP contribution in [0.1, 0.15) is 23.2 Å². The van der Waals surface area contributed by atoms with E-state index in [1.54, 1.807) is 29.2 Å². The lowest BCUT2D eigenvalue weighted by molar-refractivity contribution is -0.121. The Balaban J connectivity index is 1.37. The number of aromatic nitrogens is 3. The van der Waals surface area contributed by atoms with Crippen LogP contribution in [0.15, 0.2) is 59.3 Å². The quantitative estimate of drug-likeness (QED) is 0.434. The van der Waals surface area contributed by atoms with Gasteiger partial charge in [-0.15, -0.1) is 0 Å². The number of hydrogen-bond donors (Lipinski definition) is 0. The molecule has 1 amide bonds. The highest BCUT2D eigenvalue weighted by atomic mass is 32.1. The molecule has 0 unspecified atom stereocenters. The summed E-state index contributed by atoms with van der Waals surface area (Å²) in [6, 6.07) is 12.7. The number of amides is 1. The maximum absolute atomic E-state index is 12.6. The number of benzene rings is 1. The molecule has 0 atom stereocenters. The third-order valence-electron chi connectivity index (χ3n) is 4.20. The number of furan rings is 1. The number of nitrogens with zero attached hydrogens (tertiary/aromatic N) is 4. The minimum Gasteiger partial charge on any atom is -0.452 e. The first-order valence-corrected chi connectivity index (χ1v) is 9.85. The third-order valence-corrected chi connectivity index (χ3v) is 5.26. The number of rotatable bonds is 7. The minimum atomic E-state index is -0.689. The van der Waals surface area contributed by atoms with Gasteiger partial charge in [0.25, 0.3) is 5.91 Å². The Morgan fingerprint density at radius 1 is 1.21 bits per heavy atom. The summed E-state index contributed by atoms with van der Waals surface area (Å²) in [5.41, 5.74) is 0.830. The van der Waals surface area contributed by atoms with Crippen LogP contribution in [-0.4, -0.2) is 39.8 Å². The zero-order valence-corrected chi connectivity index (χ0v) is 16.5. The number of para-hydroxylation sites is 1. The van der Waals surface area contributed by atoms with Crippen LogP contribution in [0.3, 0.4) is 0 Å². The zero-order chi connectivity index (χ0) is 20.2.